The highest BCUT2D eigenvalue weighted by molar-refractivity contribution is 9.10. The summed E-state index contributed by atoms with van der Waals surface area (Å²) in [7, 11) is 0. The summed E-state index contributed by atoms with van der Waals surface area (Å²) < 4.78 is 14.0. The number of amides is 1. The van der Waals surface area contributed by atoms with Gasteiger partial charge in [0.05, 0.1) is 5.25 Å². The van der Waals surface area contributed by atoms with Crippen LogP contribution in [0.4, 0.5) is 10.1 Å². The maximum atomic E-state index is 13.1. The molecule has 0 radical (unpaired) electrons. The van der Waals surface area contributed by atoms with Gasteiger partial charge in [-0.1, -0.05) is 18.2 Å². The van der Waals surface area contributed by atoms with Crippen LogP contribution in [0.2, 0.25) is 0 Å². The van der Waals surface area contributed by atoms with Crippen LogP contribution in [0.25, 0.3) is 0 Å². The normalized spacial score (nSPS) is 11.9. The van der Waals surface area contributed by atoms with Crippen molar-refractivity contribution in [3.8, 4) is 0 Å². The summed E-state index contributed by atoms with van der Waals surface area (Å²) in [4.78, 5) is 13.1. The van der Waals surface area contributed by atoms with Gasteiger partial charge >= 0.3 is 0 Å². The fourth-order valence-corrected chi connectivity index (χ4v) is 3.04. The minimum Gasteiger partial charge on any atom is -0.325 e. The molecule has 0 saturated carbocycles. The fourth-order valence-electron chi connectivity index (χ4n) is 1.59. The predicted molar refractivity (Wildman–Crippen MR) is 84.5 cm³/mol. The molecule has 2 nitrogen and oxygen atoms in total. The molecule has 0 saturated heterocycles. The lowest BCUT2D eigenvalue weighted by atomic mass is 10.3. The molecule has 0 fully saturated rings. The van der Waals surface area contributed by atoms with Crippen molar-refractivity contribution in [2.75, 3.05) is 5.32 Å². The molecule has 20 heavy (non-hydrogen) atoms. The van der Waals surface area contributed by atoms with Crippen LogP contribution < -0.4 is 5.32 Å². The van der Waals surface area contributed by atoms with E-state index in [-0.39, 0.29) is 17.0 Å². The third-order valence-electron chi connectivity index (χ3n) is 2.60. The number of halogens is 2. The Morgan fingerprint density at radius 2 is 2.00 bits per heavy atom. The molecule has 2 aromatic rings. The van der Waals surface area contributed by atoms with Crippen LogP contribution >= 0.6 is 27.7 Å². The van der Waals surface area contributed by atoms with Gasteiger partial charge in [0.2, 0.25) is 5.91 Å². The van der Waals surface area contributed by atoms with E-state index in [0.717, 1.165) is 9.37 Å². The monoisotopic (exact) mass is 353 g/mol. The molecular formula is C15H13BrFNOS. The summed E-state index contributed by atoms with van der Waals surface area (Å²) in [5, 5.41) is 2.43. The Hall–Kier alpha value is -1.33. The van der Waals surface area contributed by atoms with Crippen molar-refractivity contribution in [2.45, 2.75) is 17.1 Å². The van der Waals surface area contributed by atoms with Gasteiger partial charge in [0.15, 0.2) is 0 Å². The molecule has 5 heteroatoms. The molecular weight excluding hydrogens is 341 g/mol. The van der Waals surface area contributed by atoms with E-state index in [1.165, 1.54) is 23.9 Å². The molecule has 1 atom stereocenters. The minimum absolute atomic E-state index is 0.156. The molecule has 2 aromatic carbocycles. The molecule has 0 bridgehead atoms. The maximum Gasteiger partial charge on any atom is 0.237 e. The number of rotatable bonds is 4. The van der Waals surface area contributed by atoms with E-state index in [2.05, 4.69) is 21.2 Å². The third kappa shape index (κ3) is 4.08. The zero-order chi connectivity index (χ0) is 14.5. The van der Waals surface area contributed by atoms with Gasteiger partial charge in [-0.3, -0.25) is 4.79 Å². The van der Waals surface area contributed by atoms with Crippen LogP contribution in [-0.4, -0.2) is 11.2 Å². The van der Waals surface area contributed by atoms with Gasteiger partial charge in [0.1, 0.15) is 5.82 Å². The molecule has 0 spiro atoms. The summed E-state index contributed by atoms with van der Waals surface area (Å²) in [5.74, 6) is -0.523. The standard InChI is InChI=1S/C15H13BrFNOS/c1-10(20-14-8-3-2-7-13(14)16)15(19)18-12-6-4-5-11(17)9-12/h2-10H,1H3,(H,18,19). The number of carbonyl (C=O) groups excluding carboxylic acids is 1. The zero-order valence-electron chi connectivity index (χ0n) is 10.8. The van der Waals surface area contributed by atoms with Crippen molar-refractivity contribution in [2.24, 2.45) is 0 Å². The van der Waals surface area contributed by atoms with Gasteiger partial charge in [-0.05, 0) is 53.2 Å². The lowest BCUT2D eigenvalue weighted by molar-refractivity contribution is -0.115. The Morgan fingerprint density at radius 3 is 2.70 bits per heavy atom. The largest absolute Gasteiger partial charge is 0.325 e. The first-order valence-electron chi connectivity index (χ1n) is 6.04. The quantitative estimate of drug-likeness (QED) is 0.806. The molecule has 1 N–H and O–H groups in total. The highest BCUT2D eigenvalue weighted by Gasteiger charge is 2.15. The molecule has 0 heterocycles. The molecule has 0 aliphatic heterocycles. The lowest BCUT2D eigenvalue weighted by Gasteiger charge is -2.13. The SMILES string of the molecule is CC(Sc1ccccc1Br)C(=O)Nc1cccc(F)c1. The number of benzene rings is 2. The van der Waals surface area contributed by atoms with Crippen molar-refractivity contribution < 1.29 is 9.18 Å². The average molecular weight is 354 g/mol. The van der Waals surface area contributed by atoms with E-state index in [1.807, 2.05) is 31.2 Å². The van der Waals surface area contributed by atoms with Crippen molar-refractivity contribution in [3.63, 3.8) is 0 Å². The minimum atomic E-state index is -0.367. The summed E-state index contributed by atoms with van der Waals surface area (Å²) in [5.41, 5.74) is 0.467. The van der Waals surface area contributed by atoms with Crippen LogP contribution in [-0.2, 0) is 4.79 Å². The number of anilines is 1. The first-order valence-corrected chi connectivity index (χ1v) is 7.71. The second-order valence-corrected chi connectivity index (χ2v) is 6.43. The van der Waals surface area contributed by atoms with Gasteiger partial charge in [-0.25, -0.2) is 4.39 Å². The van der Waals surface area contributed by atoms with Crippen molar-refractivity contribution in [1.29, 1.82) is 0 Å². The first kappa shape index (κ1) is 15.1. The smallest absolute Gasteiger partial charge is 0.237 e. The second-order valence-electron chi connectivity index (χ2n) is 4.19. The van der Waals surface area contributed by atoms with E-state index in [4.69, 9.17) is 0 Å². The van der Waals surface area contributed by atoms with Gasteiger partial charge in [0, 0.05) is 15.1 Å². The van der Waals surface area contributed by atoms with Crippen molar-refractivity contribution in [1.82, 2.24) is 0 Å². The number of carbonyl (C=O) groups is 1. The number of hydrogen-bond donors (Lipinski definition) is 1. The Morgan fingerprint density at radius 1 is 1.25 bits per heavy atom. The van der Waals surface area contributed by atoms with E-state index in [0.29, 0.717) is 5.69 Å². The van der Waals surface area contributed by atoms with Crippen molar-refractivity contribution in [3.05, 3.63) is 58.8 Å². The second kappa shape index (κ2) is 6.90. The molecule has 2 rings (SSSR count). The van der Waals surface area contributed by atoms with Gasteiger partial charge in [0.25, 0.3) is 0 Å². The summed E-state index contributed by atoms with van der Waals surface area (Å²) in [6.07, 6.45) is 0. The van der Waals surface area contributed by atoms with Gasteiger partial charge in [-0.2, -0.15) is 0 Å². The molecule has 104 valence electrons. The number of thioether (sulfide) groups is 1. The van der Waals surface area contributed by atoms with Crippen molar-refractivity contribution >= 4 is 39.3 Å². The topological polar surface area (TPSA) is 29.1 Å². The Bertz CT molecular complexity index is 620. The maximum absolute atomic E-state index is 13.1. The predicted octanol–water partition coefficient (Wildman–Crippen LogP) is 4.71. The van der Waals surface area contributed by atoms with E-state index in [1.54, 1.807) is 12.1 Å². The molecule has 1 amide bonds. The number of nitrogens with one attached hydrogen (secondary N) is 1. The van der Waals surface area contributed by atoms with Gasteiger partial charge < -0.3 is 5.32 Å². The fraction of sp³-hybridized carbons (Fsp3) is 0.133. The van der Waals surface area contributed by atoms with Crippen LogP contribution in [0.3, 0.4) is 0 Å². The van der Waals surface area contributed by atoms with E-state index >= 15 is 0 Å². The van der Waals surface area contributed by atoms with E-state index < -0.39 is 0 Å². The zero-order valence-corrected chi connectivity index (χ0v) is 13.2. The summed E-state index contributed by atoms with van der Waals surface area (Å²) >= 11 is 4.90. The van der Waals surface area contributed by atoms with Crippen LogP contribution in [0.15, 0.2) is 57.9 Å². The highest BCUT2D eigenvalue weighted by atomic mass is 79.9. The Balaban J connectivity index is 2.01. The third-order valence-corrected chi connectivity index (χ3v) is 4.73. The Labute approximate surface area is 129 Å². The highest BCUT2D eigenvalue weighted by Crippen LogP contribution is 2.30. The number of hydrogen-bond acceptors (Lipinski definition) is 2. The molecule has 1 unspecified atom stereocenters. The molecule has 0 aromatic heterocycles. The average Bonchev–Trinajstić information content (AvgIpc) is 2.41. The Kier molecular flexibility index (Phi) is 5.20. The van der Waals surface area contributed by atoms with Crippen LogP contribution in [0.5, 0.6) is 0 Å². The first-order chi connectivity index (χ1) is 9.56. The lowest BCUT2D eigenvalue weighted by Crippen LogP contribution is -2.22. The summed E-state index contributed by atoms with van der Waals surface area (Å²) in [6, 6.07) is 13.6. The van der Waals surface area contributed by atoms with Gasteiger partial charge in [-0.15, -0.1) is 11.8 Å². The molecule has 0 aliphatic rings. The van der Waals surface area contributed by atoms with E-state index in [9.17, 15) is 9.18 Å². The van der Waals surface area contributed by atoms with Crippen LogP contribution in [0.1, 0.15) is 6.92 Å². The molecule has 0 aliphatic carbocycles. The van der Waals surface area contributed by atoms with Crippen LogP contribution in [0, 0.1) is 5.82 Å². The summed E-state index contributed by atoms with van der Waals surface area (Å²) in [6.45, 7) is 1.82.